The van der Waals surface area contributed by atoms with Crippen molar-refractivity contribution in [2.45, 2.75) is 18.8 Å². The highest BCUT2D eigenvalue weighted by Gasteiger charge is 2.38. The van der Waals surface area contributed by atoms with Crippen LogP contribution in [0.15, 0.2) is 29.6 Å². The molecule has 6 nitrogen and oxygen atoms in total. The molecule has 1 amide bonds. The van der Waals surface area contributed by atoms with Crippen molar-refractivity contribution in [2.75, 3.05) is 6.54 Å². The molecule has 2 aromatic heterocycles. The van der Waals surface area contributed by atoms with Gasteiger partial charge in [0.25, 0.3) is 5.91 Å². The number of amides is 1. The number of carbonyl (C=O) groups is 1. The van der Waals surface area contributed by atoms with Crippen LogP contribution < -0.4 is 11.1 Å². The Morgan fingerprint density at radius 1 is 1.27 bits per heavy atom. The molecule has 2 heterocycles. The van der Waals surface area contributed by atoms with Crippen molar-refractivity contribution in [1.82, 2.24) is 15.3 Å². The van der Waals surface area contributed by atoms with Gasteiger partial charge in [0.1, 0.15) is 27.9 Å². The smallest absolute Gasteiger partial charge is 0.390 e. The van der Waals surface area contributed by atoms with E-state index in [1.807, 2.05) is 0 Å². The summed E-state index contributed by atoms with van der Waals surface area (Å²) in [6, 6.07) is 3.05. The zero-order valence-electron chi connectivity index (χ0n) is 15.1. The molecular weight excluding hydrogens is 431 g/mol. The van der Waals surface area contributed by atoms with E-state index in [1.54, 1.807) is 5.38 Å². The molecule has 5 N–H and O–H groups in total. The van der Waals surface area contributed by atoms with Crippen LogP contribution in [-0.4, -0.2) is 27.5 Å². The maximum atomic E-state index is 13.8. The molecule has 0 fully saturated rings. The van der Waals surface area contributed by atoms with Crippen molar-refractivity contribution < 1.29 is 31.9 Å². The monoisotopic (exact) mass is 446 g/mol. The van der Waals surface area contributed by atoms with Gasteiger partial charge in [-0.3, -0.25) is 4.79 Å². The van der Waals surface area contributed by atoms with E-state index in [2.05, 4.69) is 15.3 Å². The summed E-state index contributed by atoms with van der Waals surface area (Å²) in [4.78, 5) is 19.2. The van der Waals surface area contributed by atoms with Crippen LogP contribution in [0.4, 0.5) is 22.0 Å². The minimum atomic E-state index is -5.17. The van der Waals surface area contributed by atoms with Crippen molar-refractivity contribution >= 4 is 17.2 Å². The Morgan fingerprint density at radius 2 is 1.93 bits per heavy atom. The number of H-pyrrole nitrogens is 1. The lowest BCUT2D eigenvalue weighted by atomic mass is 10.1. The largest absolute Gasteiger partial charge is 0.422 e. The predicted molar refractivity (Wildman–Crippen MR) is 98.4 cm³/mol. The molecule has 160 valence electrons. The first-order valence-corrected chi connectivity index (χ1v) is 9.33. The minimum Gasteiger partial charge on any atom is -0.390 e. The van der Waals surface area contributed by atoms with Gasteiger partial charge in [-0.05, 0) is 24.3 Å². The molecule has 0 saturated heterocycles. The molecule has 1 aromatic carbocycles. The molecule has 3 aromatic rings. The van der Waals surface area contributed by atoms with E-state index in [-0.39, 0.29) is 30.1 Å². The third kappa shape index (κ3) is 4.50. The van der Waals surface area contributed by atoms with Crippen molar-refractivity contribution in [3.05, 3.63) is 63.2 Å². The number of aromatic nitrogens is 2. The van der Waals surface area contributed by atoms with Gasteiger partial charge < -0.3 is 21.1 Å². The van der Waals surface area contributed by atoms with Crippen LogP contribution in [-0.2, 0) is 12.8 Å². The molecule has 0 radical (unpaired) electrons. The number of carbonyl (C=O) groups excluding carboxylic acids is 1. The van der Waals surface area contributed by atoms with Crippen molar-refractivity contribution in [2.24, 2.45) is 5.73 Å². The fourth-order valence-corrected chi connectivity index (χ4v) is 3.58. The first-order valence-electron chi connectivity index (χ1n) is 8.45. The zero-order valence-corrected chi connectivity index (χ0v) is 15.9. The van der Waals surface area contributed by atoms with E-state index in [0.717, 1.165) is 0 Å². The number of nitrogens with two attached hydrogens (primary N) is 1. The van der Waals surface area contributed by atoms with E-state index in [1.165, 1.54) is 23.5 Å². The molecule has 12 heteroatoms. The summed E-state index contributed by atoms with van der Waals surface area (Å²) in [5, 5.41) is 13.8. The summed E-state index contributed by atoms with van der Waals surface area (Å²) in [5.74, 6) is -4.13. The molecule has 0 aliphatic rings. The molecule has 3 rings (SSSR count). The summed E-state index contributed by atoms with van der Waals surface area (Å²) in [6.07, 6.45) is -5.17. The molecule has 30 heavy (non-hydrogen) atoms. The Kier molecular flexibility index (Phi) is 6.19. The highest BCUT2D eigenvalue weighted by atomic mass is 32.1. The second-order valence-electron chi connectivity index (χ2n) is 6.20. The summed E-state index contributed by atoms with van der Waals surface area (Å²) in [5.41, 5.74) is 3.97. The van der Waals surface area contributed by atoms with Crippen LogP contribution in [0.1, 0.15) is 32.8 Å². The Hall–Kier alpha value is -2.83. The predicted octanol–water partition coefficient (Wildman–Crippen LogP) is 3.36. The van der Waals surface area contributed by atoms with Gasteiger partial charge in [0.05, 0.1) is 18.3 Å². The van der Waals surface area contributed by atoms with E-state index >= 15 is 0 Å². The summed E-state index contributed by atoms with van der Waals surface area (Å²) >= 11 is 1.20. The summed E-state index contributed by atoms with van der Waals surface area (Å²) in [7, 11) is 0. The second-order valence-corrected chi connectivity index (χ2v) is 7.08. The average molecular weight is 446 g/mol. The standard InChI is InChI=1S/C18H15F5N4O2S/c19-10-3-8(4-11(20)15(10)18(21,22)23)12-1-2-13(26-12)16(29)27-14(5-24)17-25-9(6-28)7-30-17/h1-4,7,14,26,28H,5-6,24H2,(H,27,29)/t14-/m1/s1. The van der Waals surface area contributed by atoms with Gasteiger partial charge in [-0.1, -0.05) is 0 Å². The number of nitrogens with zero attached hydrogens (tertiary/aromatic N) is 1. The van der Waals surface area contributed by atoms with E-state index in [9.17, 15) is 26.7 Å². The number of aliphatic hydroxyl groups is 1. The highest BCUT2D eigenvalue weighted by molar-refractivity contribution is 7.09. The first-order chi connectivity index (χ1) is 14.1. The third-order valence-corrected chi connectivity index (χ3v) is 5.15. The molecule has 0 saturated carbocycles. The summed E-state index contributed by atoms with van der Waals surface area (Å²) < 4.78 is 65.7. The van der Waals surface area contributed by atoms with Gasteiger partial charge in [-0.25, -0.2) is 13.8 Å². The Morgan fingerprint density at radius 3 is 2.47 bits per heavy atom. The van der Waals surface area contributed by atoms with Crippen molar-refractivity contribution in [3.8, 4) is 11.3 Å². The maximum Gasteiger partial charge on any atom is 0.422 e. The molecule has 0 bridgehead atoms. The number of rotatable bonds is 6. The lowest BCUT2D eigenvalue weighted by Gasteiger charge is -2.13. The Labute approximate surface area is 170 Å². The van der Waals surface area contributed by atoms with Gasteiger partial charge in [-0.2, -0.15) is 13.2 Å². The van der Waals surface area contributed by atoms with Gasteiger partial charge in [0.15, 0.2) is 0 Å². The number of hydrogen-bond donors (Lipinski definition) is 4. The van der Waals surface area contributed by atoms with Gasteiger partial charge in [-0.15, -0.1) is 11.3 Å². The summed E-state index contributed by atoms with van der Waals surface area (Å²) in [6.45, 7) is -0.241. The minimum absolute atomic E-state index is 0.00287. The number of nitrogens with one attached hydrogen (secondary N) is 2. The number of aromatic amines is 1. The molecule has 0 unspecified atom stereocenters. The number of hydrogen-bond acceptors (Lipinski definition) is 5. The van der Waals surface area contributed by atoms with Gasteiger partial charge >= 0.3 is 6.18 Å². The van der Waals surface area contributed by atoms with E-state index in [4.69, 9.17) is 10.8 Å². The molecule has 1 atom stereocenters. The topological polar surface area (TPSA) is 104 Å². The number of aliphatic hydroxyl groups excluding tert-OH is 1. The van der Waals surface area contributed by atoms with E-state index < -0.39 is 35.3 Å². The Balaban J connectivity index is 1.81. The Bertz CT molecular complexity index is 1040. The number of alkyl halides is 3. The first kappa shape index (κ1) is 21.9. The quantitative estimate of drug-likeness (QED) is 0.436. The average Bonchev–Trinajstić information content (AvgIpc) is 3.33. The van der Waals surface area contributed by atoms with Crippen molar-refractivity contribution in [3.63, 3.8) is 0 Å². The number of benzene rings is 1. The lowest BCUT2D eigenvalue weighted by Crippen LogP contribution is -2.33. The van der Waals surface area contributed by atoms with Crippen LogP contribution in [0.3, 0.4) is 0 Å². The highest BCUT2D eigenvalue weighted by Crippen LogP contribution is 2.35. The number of halogens is 5. The van der Waals surface area contributed by atoms with Crippen LogP contribution in [0.5, 0.6) is 0 Å². The van der Waals surface area contributed by atoms with Crippen molar-refractivity contribution in [1.29, 1.82) is 0 Å². The van der Waals surface area contributed by atoms with Crippen LogP contribution in [0.25, 0.3) is 11.3 Å². The third-order valence-electron chi connectivity index (χ3n) is 4.14. The molecule has 0 aliphatic carbocycles. The second kappa shape index (κ2) is 8.50. The van der Waals surface area contributed by atoms with Crippen LogP contribution in [0, 0.1) is 11.6 Å². The van der Waals surface area contributed by atoms with Crippen LogP contribution in [0.2, 0.25) is 0 Å². The molecule has 0 spiro atoms. The fourth-order valence-electron chi connectivity index (χ4n) is 2.71. The zero-order chi connectivity index (χ0) is 22.1. The van der Waals surface area contributed by atoms with E-state index in [0.29, 0.717) is 22.8 Å². The van der Waals surface area contributed by atoms with Gasteiger partial charge in [0.2, 0.25) is 0 Å². The molecule has 0 aliphatic heterocycles. The normalized spacial score (nSPS) is 12.8. The maximum absolute atomic E-state index is 13.8. The fraction of sp³-hybridized carbons (Fsp3) is 0.222. The molecular formula is C18H15F5N4O2S. The van der Waals surface area contributed by atoms with Gasteiger partial charge in [0, 0.05) is 23.2 Å². The number of thiazole rings is 1. The lowest BCUT2D eigenvalue weighted by molar-refractivity contribution is -0.142. The SMILES string of the molecule is NC[C@@H](NC(=O)c1ccc(-c2cc(F)c(C(F)(F)F)c(F)c2)[nH]1)c1nc(CO)cs1. The van der Waals surface area contributed by atoms with Crippen LogP contribution >= 0.6 is 11.3 Å².